The molecule has 4 nitrogen and oxygen atoms in total. The highest BCUT2D eigenvalue weighted by atomic mass is 19.1. The molecule has 1 unspecified atom stereocenters. The second kappa shape index (κ2) is 7.28. The van der Waals surface area contributed by atoms with Crippen LogP contribution in [0, 0.1) is 12.7 Å². The van der Waals surface area contributed by atoms with Crippen LogP contribution in [0.3, 0.4) is 0 Å². The van der Waals surface area contributed by atoms with Crippen molar-refractivity contribution in [2.75, 3.05) is 19.8 Å². The monoisotopic (exact) mass is 329 g/mol. The Labute approximate surface area is 142 Å². The van der Waals surface area contributed by atoms with Crippen LogP contribution in [0.15, 0.2) is 43.1 Å². The molecule has 2 heterocycles. The molecule has 1 aromatic carbocycles. The Kier molecular flexibility index (Phi) is 5.11. The van der Waals surface area contributed by atoms with E-state index in [4.69, 9.17) is 4.74 Å². The smallest absolute Gasteiger partial charge is 0.123 e. The fourth-order valence-corrected chi connectivity index (χ4v) is 3.27. The van der Waals surface area contributed by atoms with Crippen LogP contribution >= 0.6 is 0 Å². The van der Waals surface area contributed by atoms with E-state index in [2.05, 4.69) is 23.2 Å². The van der Waals surface area contributed by atoms with Crippen molar-refractivity contribution >= 4 is 0 Å². The first-order valence-electron chi connectivity index (χ1n) is 8.31. The fourth-order valence-electron chi connectivity index (χ4n) is 3.27. The highest BCUT2D eigenvalue weighted by Gasteiger charge is 2.36. The molecule has 0 saturated carbocycles. The molecular weight excluding hydrogens is 305 g/mol. The van der Waals surface area contributed by atoms with Gasteiger partial charge in [0, 0.05) is 36.9 Å². The van der Waals surface area contributed by atoms with Crippen LogP contribution in [0.4, 0.5) is 4.39 Å². The van der Waals surface area contributed by atoms with E-state index in [1.165, 1.54) is 17.7 Å². The molecule has 0 bridgehead atoms. The number of hydrogen-bond acceptors (Lipinski definition) is 3. The normalized spacial score (nSPS) is 20.4. The van der Waals surface area contributed by atoms with Crippen molar-refractivity contribution < 1.29 is 9.13 Å². The van der Waals surface area contributed by atoms with Crippen LogP contribution in [0.25, 0.3) is 0 Å². The maximum atomic E-state index is 13.2. The summed E-state index contributed by atoms with van der Waals surface area (Å²) in [5, 5.41) is 8.02. The van der Waals surface area contributed by atoms with Crippen molar-refractivity contribution in [2.45, 2.75) is 31.8 Å². The molecule has 24 heavy (non-hydrogen) atoms. The minimum absolute atomic E-state index is 0.0846. The van der Waals surface area contributed by atoms with Gasteiger partial charge in [-0.1, -0.05) is 18.2 Å². The zero-order valence-electron chi connectivity index (χ0n) is 14.1. The maximum absolute atomic E-state index is 13.2. The lowest BCUT2D eigenvalue weighted by atomic mass is 9.79. The summed E-state index contributed by atoms with van der Waals surface area (Å²) >= 11 is 0. The van der Waals surface area contributed by atoms with Gasteiger partial charge in [0.1, 0.15) is 5.82 Å². The summed E-state index contributed by atoms with van der Waals surface area (Å²) in [6.45, 7) is 9.44. The Morgan fingerprint density at radius 3 is 2.88 bits per heavy atom. The third-order valence-corrected chi connectivity index (χ3v) is 4.70. The summed E-state index contributed by atoms with van der Waals surface area (Å²) in [7, 11) is 0. The molecule has 0 radical (unpaired) electrons. The minimum atomic E-state index is -0.203. The molecule has 1 N–H and O–H groups in total. The van der Waals surface area contributed by atoms with Gasteiger partial charge in [-0.05, 0) is 31.0 Å². The van der Waals surface area contributed by atoms with E-state index in [1.54, 1.807) is 0 Å². The summed E-state index contributed by atoms with van der Waals surface area (Å²) in [6.07, 6.45) is 4.84. The average molecular weight is 329 g/mol. The Morgan fingerprint density at radius 2 is 2.21 bits per heavy atom. The number of aryl methyl sites for hydroxylation is 1. The number of nitrogens with one attached hydrogen (secondary N) is 1. The lowest BCUT2D eigenvalue weighted by molar-refractivity contribution is 0.176. The molecule has 2 aromatic rings. The van der Waals surface area contributed by atoms with Crippen LogP contribution in [0.1, 0.15) is 23.2 Å². The molecule has 5 heteroatoms. The SMILES string of the molecule is C=CCn1cc(CNCC2(c3ccc(F)cc3)CCOC2)c(C)n1. The number of halogens is 1. The summed E-state index contributed by atoms with van der Waals surface area (Å²) in [6, 6.07) is 6.80. The van der Waals surface area contributed by atoms with Crippen LogP contribution in [-0.4, -0.2) is 29.5 Å². The van der Waals surface area contributed by atoms with Gasteiger partial charge in [-0.3, -0.25) is 4.68 Å². The zero-order chi connectivity index (χ0) is 17.0. The minimum Gasteiger partial charge on any atom is -0.380 e. The summed E-state index contributed by atoms with van der Waals surface area (Å²) in [4.78, 5) is 0. The van der Waals surface area contributed by atoms with Crippen molar-refractivity contribution in [1.82, 2.24) is 15.1 Å². The molecule has 1 aliphatic rings. The van der Waals surface area contributed by atoms with Crippen LogP contribution < -0.4 is 5.32 Å². The van der Waals surface area contributed by atoms with Gasteiger partial charge in [0.05, 0.1) is 18.8 Å². The Morgan fingerprint density at radius 1 is 1.42 bits per heavy atom. The summed E-state index contributed by atoms with van der Waals surface area (Å²) in [5.74, 6) is -0.203. The van der Waals surface area contributed by atoms with Crippen molar-refractivity contribution in [1.29, 1.82) is 0 Å². The lowest BCUT2D eigenvalue weighted by Crippen LogP contribution is -2.38. The van der Waals surface area contributed by atoms with Crippen LogP contribution in [0.5, 0.6) is 0 Å². The third-order valence-electron chi connectivity index (χ3n) is 4.70. The van der Waals surface area contributed by atoms with Gasteiger partial charge in [0.25, 0.3) is 0 Å². The van der Waals surface area contributed by atoms with E-state index in [1.807, 2.05) is 29.8 Å². The highest BCUT2D eigenvalue weighted by molar-refractivity contribution is 5.28. The first kappa shape index (κ1) is 16.9. The topological polar surface area (TPSA) is 39.1 Å². The predicted molar refractivity (Wildman–Crippen MR) is 92.4 cm³/mol. The fraction of sp³-hybridized carbons (Fsp3) is 0.421. The molecular formula is C19H24FN3O. The molecule has 1 fully saturated rings. The van der Waals surface area contributed by atoms with Crippen LogP contribution in [-0.2, 0) is 23.2 Å². The van der Waals surface area contributed by atoms with Gasteiger partial charge in [-0.2, -0.15) is 5.10 Å². The molecule has 3 rings (SSSR count). The molecule has 1 aliphatic heterocycles. The van der Waals surface area contributed by atoms with E-state index in [0.717, 1.165) is 37.4 Å². The zero-order valence-corrected chi connectivity index (χ0v) is 14.1. The molecule has 1 aromatic heterocycles. The maximum Gasteiger partial charge on any atom is 0.123 e. The molecule has 0 amide bonds. The number of benzene rings is 1. The molecule has 0 spiro atoms. The lowest BCUT2D eigenvalue weighted by Gasteiger charge is -2.28. The Hall–Kier alpha value is -1.98. The summed E-state index contributed by atoms with van der Waals surface area (Å²) < 4.78 is 20.8. The van der Waals surface area contributed by atoms with Crippen molar-refractivity contribution in [2.24, 2.45) is 0 Å². The standard InChI is InChI=1S/C19H24FN3O/c1-3-9-23-12-16(15(2)22-23)11-21-13-19(8-10-24-14-19)17-4-6-18(20)7-5-17/h3-7,12,21H,1,8-11,13-14H2,2H3. The van der Waals surface area contributed by atoms with Gasteiger partial charge < -0.3 is 10.1 Å². The van der Waals surface area contributed by atoms with E-state index in [9.17, 15) is 4.39 Å². The average Bonchev–Trinajstić information content (AvgIpc) is 3.17. The number of nitrogens with zero attached hydrogens (tertiary/aromatic N) is 2. The van der Waals surface area contributed by atoms with Crippen LogP contribution in [0.2, 0.25) is 0 Å². The van der Waals surface area contributed by atoms with E-state index in [0.29, 0.717) is 13.2 Å². The Bertz CT molecular complexity index is 687. The van der Waals surface area contributed by atoms with E-state index < -0.39 is 0 Å². The van der Waals surface area contributed by atoms with Crippen molar-refractivity contribution in [3.05, 3.63) is 65.8 Å². The number of aromatic nitrogens is 2. The van der Waals surface area contributed by atoms with Gasteiger partial charge in [-0.15, -0.1) is 6.58 Å². The Balaban J connectivity index is 1.67. The van der Waals surface area contributed by atoms with Gasteiger partial charge in [0.15, 0.2) is 0 Å². The number of allylic oxidation sites excluding steroid dienone is 1. The predicted octanol–water partition coefficient (Wildman–Crippen LogP) is 2.96. The van der Waals surface area contributed by atoms with Crippen molar-refractivity contribution in [3.8, 4) is 0 Å². The van der Waals surface area contributed by atoms with Crippen molar-refractivity contribution in [3.63, 3.8) is 0 Å². The first-order chi connectivity index (χ1) is 11.6. The quantitative estimate of drug-likeness (QED) is 0.794. The van der Waals surface area contributed by atoms with Gasteiger partial charge in [-0.25, -0.2) is 4.39 Å². The molecule has 1 atom stereocenters. The van der Waals surface area contributed by atoms with E-state index in [-0.39, 0.29) is 11.2 Å². The first-order valence-corrected chi connectivity index (χ1v) is 8.31. The third kappa shape index (κ3) is 3.57. The number of ether oxygens (including phenoxy) is 1. The summed E-state index contributed by atoms with van der Waals surface area (Å²) in [5.41, 5.74) is 3.26. The molecule has 128 valence electrons. The van der Waals surface area contributed by atoms with Gasteiger partial charge in [0.2, 0.25) is 0 Å². The van der Waals surface area contributed by atoms with Gasteiger partial charge >= 0.3 is 0 Å². The second-order valence-electron chi connectivity index (χ2n) is 6.44. The van der Waals surface area contributed by atoms with E-state index >= 15 is 0 Å². The number of rotatable bonds is 7. The molecule has 0 aliphatic carbocycles. The molecule has 1 saturated heterocycles. The highest BCUT2D eigenvalue weighted by Crippen LogP contribution is 2.32. The largest absolute Gasteiger partial charge is 0.380 e. The number of hydrogen-bond donors (Lipinski definition) is 1. The second-order valence-corrected chi connectivity index (χ2v) is 6.44.